The molecule has 2 heterocycles. The first-order valence-corrected chi connectivity index (χ1v) is 6.07. The molecule has 0 radical (unpaired) electrons. The maximum atomic E-state index is 10.7. The molecular formula is C13H16N2O2. The molecule has 17 heavy (non-hydrogen) atoms. The van der Waals surface area contributed by atoms with Crippen LogP contribution < -0.4 is 10.2 Å². The first kappa shape index (κ1) is 10.6. The Labute approximate surface area is 100 Å². The number of phenols is 1. The number of hydrogen-bond donors (Lipinski definition) is 2. The molecule has 2 atom stereocenters. The highest BCUT2D eigenvalue weighted by Crippen LogP contribution is 2.34. The number of rotatable bonds is 2. The van der Waals surface area contributed by atoms with Gasteiger partial charge in [-0.15, -0.1) is 0 Å². The lowest BCUT2D eigenvalue weighted by molar-refractivity contribution is 0.112. The Bertz CT molecular complexity index is 431. The van der Waals surface area contributed by atoms with Crippen LogP contribution in [0.4, 0.5) is 5.69 Å². The lowest BCUT2D eigenvalue weighted by Gasteiger charge is -2.37. The fourth-order valence-electron chi connectivity index (χ4n) is 2.99. The van der Waals surface area contributed by atoms with E-state index in [9.17, 15) is 9.90 Å². The van der Waals surface area contributed by atoms with Crippen molar-refractivity contribution in [3.05, 3.63) is 23.8 Å². The third-order valence-corrected chi connectivity index (χ3v) is 3.82. The minimum Gasteiger partial charge on any atom is -0.507 e. The highest BCUT2D eigenvalue weighted by Gasteiger charge is 2.36. The third kappa shape index (κ3) is 1.69. The van der Waals surface area contributed by atoms with E-state index in [1.54, 1.807) is 12.1 Å². The highest BCUT2D eigenvalue weighted by atomic mass is 16.3. The molecule has 90 valence electrons. The normalized spacial score (nSPS) is 27.2. The van der Waals surface area contributed by atoms with E-state index in [2.05, 4.69) is 10.2 Å². The van der Waals surface area contributed by atoms with Crippen molar-refractivity contribution >= 4 is 12.0 Å². The standard InChI is InChI=1S/C13H16N2O2/c16-8-9-1-2-10(5-13(9)17)15-11-3-4-12(15)7-14-6-11/h1-2,5,8,11-12,14,17H,3-4,6-7H2. The summed E-state index contributed by atoms with van der Waals surface area (Å²) in [6.07, 6.45) is 3.09. The van der Waals surface area contributed by atoms with Crippen LogP contribution in [0, 0.1) is 0 Å². The zero-order valence-electron chi connectivity index (χ0n) is 9.60. The van der Waals surface area contributed by atoms with E-state index in [1.165, 1.54) is 12.8 Å². The summed E-state index contributed by atoms with van der Waals surface area (Å²) in [6.45, 7) is 2.01. The molecule has 0 spiro atoms. The largest absolute Gasteiger partial charge is 0.507 e. The number of phenolic OH excluding ortho intramolecular Hbond substituents is 1. The molecule has 1 aromatic carbocycles. The number of piperazine rings is 1. The van der Waals surface area contributed by atoms with Gasteiger partial charge in [0.05, 0.1) is 5.56 Å². The molecule has 0 amide bonds. The summed E-state index contributed by atoms with van der Waals surface area (Å²) in [6, 6.07) is 6.38. The Hall–Kier alpha value is -1.55. The fraction of sp³-hybridized carbons (Fsp3) is 0.462. The number of benzene rings is 1. The predicted octanol–water partition coefficient (Wildman–Crippen LogP) is 1.15. The van der Waals surface area contributed by atoms with Gasteiger partial charge in [0, 0.05) is 36.9 Å². The Morgan fingerprint density at radius 2 is 2.00 bits per heavy atom. The van der Waals surface area contributed by atoms with Gasteiger partial charge < -0.3 is 15.3 Å². The van der Waals surface area contributed by atoms with Gasteiger partial charge >= 0.3 is 0 Å². The van der Waals surface area contributed by atoms with Gasteiger partial charge in [-0.2, -0.15) is 0 Å². The lowest BCUT2D eigenvalue weighted by Crippen LogP contribution is -2.51. The van der Waals surface area contributed by atoms with Crippen molar-refractivity contribution in [2.75, 3.05) is 18.0 Å². The monoisotopic (exact) mass is 232 g/mol. The minimum absolute atomic E-state index is 0.0791. The van der Waals surface area contributed by atoms with Crippen molar-refractivity contribution < 1.29 is 9.90 Å². The Morgan fingerprint density at radius 1 is 1.29 bits per heavy atom. The van der Waals surface area contributed by atoms with Crippen LogP contribution in [0.2, 0.25) is 0 Å². The van der Waals surface area contributed by atoms with Crippen molar-refractivity contribution in [3.63, 3.8) is 0 Å². The Kier molecular flexibility index (Phi) is 2.52. The number of fused-ring (bicyclic) bond motifs is 2. The average Bonchev–Trinajstić information content (AvgIpc) is 2.59. The van der Waals surface area contributed by atoms with Crippen LogP contribution in [-0.2, 0) is 0 Å². The zero-order valence-corrected chi connectivity index (χ0v) is 9.60. The van der Waals surface area contributed by atoms with Crippen LogP contribution in [-0.4, -0.2) is 36.6 Å². The number of anilines is 1. The van der Waals surface area contributed by atoms with Gasteiger partial charge in [0.25, 0.3) is 0 Å². The molecule has 2 aliphatic heterocycles. The van der Waals surface area contributed by atoms with E-state index >= 15 is 0 Å². The van der Waals surface area contributed by atoms with E-state index in [4.69, 9.17) is 0 Å². The fourth-order valence-corrected chi connectivity index (χ4v) is 2.99. The molecule has 0 aromatic heterocycles. The van der Waals surface area contributed by atoms with Gasteiger partial charge in [0.2, 0.25) is 0 Å². The first-order chi connectivity index (χ1) is 8.29. The summed E-state index contributed by atoms with van der Waals surface area (Å²) < 4.78 is 0. The van der Waals surface area contributed by atoms with Crippen molar-refractivity contribution in [1.29, 1.82) is 0 Å². The quantitative estimate of drug-likeness (QED) is 0.751. The summed E-state index contributed by atoms with van der Waals surface area (Å²) >= 11 is 0. The van der Waals surface area contributed by atoms with Crippen molar-refractivity contribution in [2.24, 2.45) is 0 Å². The zero-order chi connectivity index (χ0) is 11.8. The van der Waals surface area contributed by atoms with Crippen LogP contribution in [0.25, 0.3) is 0 Å². The molecular weight excluding hydrogens is 216 g/mol. The van der Waals surface area contributed by atoms with Crippen molar-refractivity contribution in [1.82, 2.24) is 5.32 Å². The number of carbonyl (C=O) groups excluding carboxylic acids is 1. The number of carbonyl (C=O) groups is 1. The van der Waals surface area contributed by atoms with Gasteiger partial charge in [-0.3, -0.25) is 4.79 Å². The molecule has 2 aliphatic rings. The average molecular weight is 232 g/mol. The summed E-state index contributed by atoms with van der Waals surface area (Å²) in [5, 5.41) is 13.2. The summed E-state index contributed by atoms with van der Waals surface area (Å²) in [7, 11) is 0. The van der Waals surface area contributed by atoms with E-state index < -0.39 is 0 Å². The van der Waals surface area contributed by atoms with Gasteiger partial charge in [-0.05, 0) is 25.0 Å². The van der Waals surface area contributed by atoms with Gasteiger partial charge in [-0.25, -0.2) is 0 Å². The maximum absolute atomic E-state index is 10.7. The second-order valence-corrected chi connectivity index (χ2v) is 4.81. The van der Waals surface area contributed by atoms with Crippen LogP contribution >= 0.6 is 0 Å². The molecule has 0 saturated carbocycles. The van der Waals surface area contributed by atoms with Crippen molar-refractivity contribution in [2.45, 2.75) is 24.9 Å². The second kappa shape index (κ2) is 4.04. The predicted molar refractivity (Wildman–Crippen MR) is 65.7 cm³/mol. The first-order valence-electron chi connectivity index (χ1n) is 6.07. The number of nitrogens with one attached hydrogen (secondary N) is 1. The molecule has 3 rings (SSSR count). The summed E-state index contributed by atoms with van der Waals surface area (Å²) in [5.74, 6) is 0.0791. The molecule has 2 bridgehead atoms. The third-order valence-electron chi connectivity index (χ3n) is 3.82. The molecule has 2 saturated heterocycles. The number of aldehydes is 1. The summed E-state index contributed by atoms with van der Waals surface area (Å²) in [4.78, 5) is 13.1. The summed E-state index contributed by atoms with van der Waals surface area (Å²) in [5.41, 5.74) is 1.39. The Morgan fingerprint density at radius 3 is 2.59 bits per heavy atom. The highest BCUT2D eigenvalue weighted by molar-refractivity contribution is 5.80. The molecule has 0 aliphatic carbocycles. The lowest BCUT2D eigenvalue weighted by atomic mass is 10.1. The maximum Gasteiger partial charge on any atom is 0.153 e. The topological polar surface area (TPSA) is 52.6 Å². The van der Waals surface area contributed by atoms with E-state index in [0.717, 1.165) is 18.8 Å². The Balaban J connectivity index is 1.94. The van der Waals surface area contributed by atoms with Gasteiger partial charge in [0.15, 0.2) is 6.29 Å². The molecule has 2 N–H and O–H groups in total. The minimum atomic E-state index is 0.0791. The second-order valence-electron chi connectivity index (χ2n) is 4.81. The molecule has 4 heteroatoms. The van der Waals surface area contributed by atoms with Gasteiger partial charge in [-0.1, -0.05) is 0 Å². The van der Waals surface area contributed by atoms with Crippen LogP contribution in [0.1, 0.15) is 23.2 Å². The van der Waals surface area contributed by atoms with Crippen LogP contribution in [0.5, 0.6) is 5.75 Å². The molecule has 2 fully saturated rings. The van der Waals surface area contributed by atoms with Crippen LogP contribution in [0.15, 0.2) is 18.2 Å². The smallest absolute Gasteiger partial charge is 0.153 e. The van der Waals surface area contributed by atoms with Crippen LogP contribution in [0.3, 0.4) is 0 Å². The number of aromatic hydroxyl groups is 1. The molecule has 2 unspecified atom stereocenters. The van der Waals surface area contributed by atoms with E-state index in [1.807, 2.05) is 6.07 Å². The molecule has 4 nitrogen and oxygen atoms in total. The number of hydrogen-bond acceptors (Lipinski definition) is 4. The molecule has 1 aromatic rings. The van der Waals surface area contributed by atoms with E-state index in [0.29, 0.717) is 23.9 Å². The van der Waals surface area contributed by atoms with Gasteiger partial charge in [0.1, 0.15) is 5.75 Å². The van der Waals surface area contributed by atoms with E-state index in [-0.39, 0.29) is 5.75 Å². The SMILES string of the molecule is O=Cc1ccc(N2C3CCC2CNC3)cc1O. The van der Waals surface area contributed by atoms with Crippen molar-refractivity contribution in [3.8, 4) is 5.75 Å². The number of nitrogens with zero attached hydrogens (tertiary/aromatic N) is 1.